The normalized spacial score (nSPS) is 11.6. The second-order valence-corrected chi connectivity index (χ2v) is 7.65. The lowest BCUT2D eigenvalue weighted by Crippen LogP contribution is -2.27. The van der Waals surface area contributed by atoms with Crippen LogP contribution < -0.4 is 10.1 Å². The van der Waals surface area contributed by atoms with Gasteiger partial charge in [-0.1, -0.05) is 18.5 Å². The molecule has 0 saturated carbocycles. The molecule has 1 heterocycles. The predicted molar refractivity (Wildman–Crippen MR) is 121 cm³/mol. The molecule has 1 unspecified atom stereocenters. The van der Waals surface area contributed by atoms with E-state index in [0.717, 1.165) is 5.56 Å². The van der Waals surface area contributed by atoms with E-state index in [9.17, 15) is 25.0 Å². The lowest BCUT2D eigenvalue weighted by molar-refractivity contribution is -0.389. The Balaban J connectivity index is 1.89. The minimum Gasteiger partial charge on any atom is -0.457 e. The molecular weight excluding hydrogens is 454 g/mol. The SMILES string of the molecule is CCC(C(=O)Nc1cc(Oc2ccc(Cl)c(C)c2)cc([N+](=O)[O-])c1)n1nc([N+](=O)[O-])cc1C. The van der Waals surface area contributed by atoms with Crippen molar-refractivity contribution in [3.63, 3.8) is 0 Å². The molecule has 0 radical (unpaired) electrons. The summed E-state index contributed by atoms with van der Waals surface area (Å²) in [5, 5.41) is 29.5. The van der Waals surface area contributed by atoms with Gasteiger partial charge in [0.2, 0.25) is 0 Å². The van der Waals surface area contributed by atoms with Crippen LogP contribution in [0.1, 0.15) is 30.6 Å². The van der Waals surface area contributed by atoms with Gasteiger partial charge in [0.1, 0.15) is 11.5 Å². The highest BCUT2D eigenvalue weighted by Crippen LogP contribution is 2.32. The van der Waals surface area contributed by atoms with Gasteiger partial charge in [-0.15, -0.1) is 0 Å². The van der Waals surface area contributed by atoms with E-state index >= 15 is 0 Å². The number of aryl methyl sites for hydroxylation is 2. The van der Waals surface area contributed by atoms with Crippen LogP contribution >= 0.6 is 11.6 Å². The summed E-state index contributed by atoms with van der Waals surface area (Å²) < 4.78 is 7.00. The fraction of sp³-hybridized carbons (Fsp3) is 0.238. The Kier molecular flexibility index (Phi) is 6.92. The molecule has 0 aliphatic rings. The zero-order valence-corrected chi connectivity index (χ0v) is 18.7. The van der Waals surface area contributed by atoms with Gasteiger partial charge in [0.05, 0.1) is 33.5 Å². The first-order valence-electron chi connectivity index (χ1n) is 9.84. The summed E-state index contributed by atoms with van der Waals surface area (Å²) in [6, 6.07) is 9.22. The summed E-state index contributed by atoms with van der Waals surface area (Å²) in [5.74, 6) is -0.351. The summed E-state index contributed by atoms with van der Waals surface area (Å²) in [6.45, 7) is 5.12. The number of hydrogen-bond acceptors (Lipinski definition) is 7. The number of amides is 1. The van der Waals surface area contributed by atoms with Gasteiger partial charge in [-0.25, -0.2) is 0 Å². The van der Waals surface area contributed by atoms with Crippen molar-refractivity contribution < 1.29 is 19.4 Å². The Labute approximate surface area is 193 Å². The fourth-order valence-corrected chi connectivity index (χ4v) is 3.32. The summed E-state index contributed by atoms with van der Waals surface area (Å²) in [6.07, 6.45) is 0.286. The highest BCUT2D eigenvalue weighted by Gasteiger charge is 2.27. The first kappa shape index (κ1) is 23.7. The maximum atomic E-state index is 12.9. The molecule has 1 amide bonds. The van der Waals surface area contributed by atoms with Crippen molar-refractivity contribution in [3.05, 3.63) is 79.0 Å². The number of hydrogen-bond donors (Lipinski definition) is 1. The summed E-state index contributed by atoms with van der Waals surface area (Å²) >= 11 is 6.02. The molecule has 2 aromatic carbocycles. The number of benzene rings is 2. The van der Waals surface area contributed by atoms with Crippen LogP contribution in [0.3, 0.4) is 0 Å². The van der Waals surface area contributed by atoms with Crippen molar-refractivity contribution in [2.75, 3.05) is 5.32 Å². The van der Waals surface area contributed by atoms with E-state index in [2.05, 4.69) is 10.4 Å². The third kappa shape index (κ3) is 5.44. The van der Waals surface area contributed by atoms with Gasteiger partial charge >= 0.3 is 5.82 Å². The standard InChI is InChI=1S/C21H20ClN5O6/c1-4-19(25-13(3)8-20(24-25)27(31)32)21(28)23-14-9-15(26(29)30)11-17(10-14)33-16-5-6-18(22)12(2)7-16/h5-11,19H,4H2,1-3H3,(H,23,28). The molecule has 0 aliphatic carbocycles. The Bertz CT molecular complexity index is 1240. The average molecular weight is 474 g/mol. The van der Waals surface area contributed by atoms with Gasteiger partial charge in [-0.3, -0.25) is 14.9 Å². The first-order chi connectivity index (χ1) is 15.6. The Morgan fingerprint density at radius 3 is 2.42 bits per heavy atom. The number of non-ortho nitro benzene ring substituents is 1. The van der Waals surface area contributed by atoms with Crippen molar-refractivity contribution in [3.8, 4) is 11.5 Å². The number of aromatic nitrogens is 2. The van der Waals surface area contributed by atoms with Gasteiger partial charge in [0, 0.05) is 17.2 Å². The molecule has 0 saturated heterocycles. The average Bonchev–Trinajstić information content (AvgIpc) is 3.13. The number of nitrogens with one attached hydrogen (secondary N) is 1. The molecule has 1 N–H and O–H groups in total. The Morgan fingerprint density at radius 1 is 1.12 bits per heavy atom. The summed E-state index contributed by atoms with van der Waals surface area (Å²) in [5.41, 5.74) is 1.05. The van der Waals surface area contributed by atoms with Gasteiger partial charge in [0.25, 0.3) is 11.6 Å². The molecule has 12 heteroatoms. The molecule has 3 aromatic rings. The molecule has 0 spiro atoms. The quantitative estimate of drug-likeness (QED) is 0.343. The van der Waals surface area contributed by atoms with Crippen molar-refractivity contribution >= 4 is 34.7 Å². The zero-order valence-electron chi connectivity index (χ0n) is 17.9. The van der Waals surface area contributed by atoms with E-state index < -0.39 is 21.8 Å². The number of ether oxygens (including phenoxy) is 1. The van der Waals surface area contributed by atoms with Crippen LogP contribution in [0.25, 0.3) is 0 Å². The lowest BCUT2D eigenvalue weighted by Gasteiger charge is -2.15. The van der Waals surface area contributed by atoms with E-state index in [-0.39, 0.29) is 29.4 Å². The lowest BCUT2D eigenvalue weighted by atomic mass is 10.2. The van der Waals surface area contributed by atoms with Gasteiger partial charge in [0.15, 0.2) is 6.04 Å². The van der Waals surface area contributed by atoms with Gasteiger partial charge in [-0.05, 0) is 49.0 Å². The molecule has 11 nitrogen and oxygen atoms in total. The van der Waals surface area contributed by atoms with Crippen molar-refractivity contribution in [2.45, 2.75) is 33.2 Å². The first-order valence-corrected chi connectivity index (χ1v) is 10.2. The van der Waals surface area contributed by atoms with Crippen LogP contribution in [0, 0.1) is 34.1 Å². The predicted octanol–water partition coefficient (Wildman–Crippen LogP) is 5.35. The number of nitro benzene ring substituents is 1. The fourth-order valence-electron chi connectivity index (χ4n) is 3.21. The van der Waals surface area contributed by atoms with Gasteiger partial charge < -0.3 is 20.2 Å². The maximum absolute atomic E-state index is 12.9. The van der Waals surface area contributed by atoms with Crippen LogP contribution in [-0.4, -0.2) is 25.5 Å². The van der Waals surface area contributed by atoms with Gasteiger partial charge in [-0.2, -0.15) is 4.68 Å². The van der Waals surface area contributed by atoms with E-state index in [0.29, 0.717) is 16.5 Å². The summed E-state index contributed by atoms with van der Waals surface area (Å²) in [7, 11) is 0. The number of nitrogens with zero attached hydrogens (tertiary/aromatic N) is 4. The second kappa shape index (κ2) is 9.65. The zero-order chi connectivity index (χ0) is 24.3. The van der Waals surface area contributed by atoms with Crippen molar-refractivity contribution in [1.29, 1.82) is 0 Å². The molecule has 0 fully saturated rings. The van der Waals surface area contributed by atoms with E-state index in [4.69, 9.17) is 16.3 Å². The topological polar surface area (TPSA) is 142 Å². The van der Waals surface area contributed by atoms with Crippen LogP contribution in [-0.2, 0) is 4.79 Å². The molecule has 0 bridgehead atoms. The molecular formula is C21H20ClN5O6. The molecule has 1 atom stereocenters. The molecule has 1 aromatic heterocycles. The molecule has 33 heavy (non-hydrogen) atoms. The Hall–Kier alpha value is -3.99. The van der Waals surface area contributed by atoms with Crippen molar-refractivity contribution in [2.24, 2.45) is 0 Å². The third-order valence-corrected chi connectivity index (χ3v) is 5.24. The highest BCUT2D eigenvalue weighted by atomic mass is 35.5. The van der Waals surface area contributed by atoms with Crippen LogP contribution in [0.2, 0.25) is 5.02 Å². The number of carbonyl (C=O) groups excluding carboxylic acids is 1. The van der Waals surface area contributed by atoms with Crippen LogP contribution in [0.15, 0.2) is 42.5 Å². The minimum absolute atomic E-state index is 0.132. The molecule has 172 valence electrons. The number of carbonyl (C=O) groups is 1. The number of rotatable bonds is 8. The van der Waals surface area contributed by atoms with Crippen LogP contribution in [0.5, 0.6) is 11.5 Å². The largest absolute Gasteiger partial charge is 0.457 e. The Morgan fingerprint density at radius 2 is 1.85 bits per heavy atom. The van der Waals surface area contributed by atoms with E-state index in [1.165, 1.54) is 28.9 Å². The van der Waals surface area contributed by atoms with E-state index in [1.54, 1.807) is 39.0 Å². The molecule has 0 aliphatic heterocycles. The number of halogens is 1. The number of anilines is 1. The molecule has 3 rings (SSSR count). The van der Waals surface area contributed by atoms with E-state index in [1.807, 2.05) is 0 Å². The third-order valence-electron chi connectivity index (χ3n) is 4.82. The minimum atomic E-state index is -0.860. The number of nitro groups is 2. The van der Waals surface area contributed by atoms with Crippen molar-refractivity contribution in [1.82, 2.24) is 9.78 Å². The monoisotopic (exact) mass is 473 g/mol. The summed E-state index contributed by atoms with van der Waals surface area (Å²) in [4.78, 5) is 34.1. The smallest absolute Gasteiger partial charge is 0.390 e. The highest BCUT2D eigenvalue weighted by molar-refractivity contribution is 6.31. The van der Waals surface area contributed by atoms with Crippen LogP contribution in [0.4, 0.5) is 17.2 Å². The second-order valence-electron chi connectivity index (χ2n) is 7.24. The maximum Gasteiger partial charge on any atom is 0.390 e.